The fourth-order valence-electron chi connectivity index (χ4n) is 2.57. The maximum Gasteiger partial charge on any atom is 0.147 e. The van der Waals surface area contributed by atoms with Gasteiger partial charge in [-0.05, 0) is 37.3 Å². The Morgan fingerprint density at radius 2 is 2.05 bits per heavy atom. The van der Waals surface area contributed by atoms with Gasteiger partial charge in [-0.15, -0.1) is 0 Å². The average Bonchev–Trinajstić information content (AvgIpc) is 3.32. The van der Waals surface area contributed by atoms with Crippen molar-refractivity contribution >= 4 is 17.4 Å². The second-order valence-corrected chi connectivity index (χ2v) is 6.43. The van der Waals surface area contributed by atoms with Crippen LogP contribution in [-0.2, 0) is 6.54 Å². The molecule has 4 heteroatoms. The van der Waals surface area contributed by atoms with E-state index in [2.05, 4.69) is 42.0 Å². The van der Waals surface area contributed by atoms with E-state index in [0.29, 0.717) is 12.0 Å². The summed E-state index contributed by atoms with van der Waals surface area (Å²) in [6, 6.07) is 2.78. The zero-order chi connectivity index (χ0) is 15.2. The quantitative estimate of drug-likeness (QED) is 0.739. The monoisotopic (exact) mass is 309 g/mol. The van der Waals surface area contributed by atoms with E-state index in [0.717, 1.165) is 30.5 Å². The number of anilines is 1. The molecule has 1 aliphatic rings. The summed E-state index contributed by atoms with van der Waals surface area (Å²) in [5.74, 6) is 1.64. The molecule has 1 aromatic rings. The molecule has 0 saturated heterocycles. The Hall–Kier alpha value is -0.800. The van der Waals surface area contributed by atoms with Crippen molar-refractivity contribution in [1.29, 1.82) is 0 Å². The first kappa shape index (κ1) is 16.6. The molecule has 0 spiro atoms. The van der Waals surface area contributed by atoms with Crippen LogP contribution in [0.1, 0.15) is 52.0 Å². The minimum absolute atomic E-state index is 0.707. The van der Waals surface area contributed by atoms with Gasteiger partial charge in [-0.1, -0.05) is 38.3 Å². The minimum Gasteiger partial charge on any atom is -0.355 e. The Morgan fingerprint density at radius 1 is 1.33 bits per heavy atom. The molecule has 1 saturated carbocycles. The van der Waals surface area contributed by atoms with Crippen LogP contribution in [0.5, 0.6) is 0 Å². The van der Waals surface area contributed by atoms with Gasteiger partial charge in [0.05, 0.1) is 5.02 Å². The molecule has 118 valence electrons. The van der Waals surface area contributed by atoms with E-state index in [9.17, 15) is 0 Å². The summed E-state index contributed by atoms with van der Waals surface area (Å²) < 4.78 is 0. The van der Waals surface area contributed by atoms with E-state index in [-0.39, 0.29) is 0 Å². The molecule has 1 N–H and O–H groups in total. The normalized spacial score (nSPS) is 14.7. The number of pyridine rings is 1. The summed E-state index contributed by atoms with van der Waals surface area (Å²) in [6.45, 7) is 9.53. The highest BCUT2D eigenvalue weighted by Crippen LogP contribution is 2.26. The van der Waals surface area contributed by atoms with Crippen LogP contribution in [0, 0.1) is 5.92 Å². The molecule has 0 unspecified atom stereocenters. The van der Waals surface area contributed by atoms with Gasteiger partial charge in [-0.3, -0.25) is 0 Å². The van der Waals surface area contributed by atoms with E-state index >= 15 is 0 Å². The molecule has 0 amide bonds. The van der Waals surface area contributed by atoms with Crippen molar-refractivity contribution < 1.29 is 0 Å². The Morgan fingerprint density at radius 3 is 2.57 bits per heavy atom. The molecule has 0 radical (unpaired) electrons. The van der Waals surface area contributed by atoms with Gasteiger partial charge in [-0.25, -0.2) is 4.98 Å². The summed E-state index contributed by atoms with van der Waals surface area (Å²) in [5.41, 5.74) is 1.18. The van der Waals surface area contributed by atoms with Gasteiger partial charge in [0.15, 0.2) is 0 Å². The Kier molecular flexibility index (Phi) is 6.31. The van der Waals surface area contributed by atoms with Crippen molar-refractivity contribution in [2.24, 2.45) is 5.92 Å². The second-order valence-electron chi connectivity index (χ2n) is 6.03. The molecule has 1 aromatic heterocycles. The topological polar surface area (TPSA) is 28.2 Å². The maximum atomic E-state index is 6.47. The molecule has 0 aromatic carbocycles. The first-order chi connectivity index (χ1) is 10.2. The van der Waals surface area contributed by atoms with Crippen LogP contribution in [0.3, 0.4) is 0 Å². The van der Waals surface area contributed by atoms with Crippen LogP contribution in [0.15, 0.2) is 12.3 Å². The molecule has 0 atom stereocenters. The maximum absolute atomic E-state index is 6.47. The van der Waals surface area contributed by atoms with Gasteiger partial charge in [0.1, 0.15) is 5.82 Å². The number of hydrogen-bond donors (Lipinski definition) is 1. The van der Waals surface area contributed by atoms with Crippen LogP contribution in [0.4, 0.5) is 5.82 Å². The highest BCUT2D eigenvalue weighted by molar-refractivity contribution is 6.33. The summed E-state index contributed by atoms with van der Waals surface area (Å²) >= 11 is 6.47. The zero-order valence-corrected chi connectivity index (χ0v) is 14.3. The first-order valence-corrected chi connectivity index (χ1v) is 8.68. The lowest BCUT2D eigenvalue weighted by atomic mass is 10.0. The van der Waals surface area contributed by atoms with E-state index in [1.54, 1.807) is 0 Å². The van der Waals surface area contributed by atoms with Crippen LogP contribution in [-0.4, -0.2) is 24.1 Å². The third-order valence-corrected chi connectivity index (χ3v) is 4.64. The van der Waals surface area contributed by atoms with E-state index in [1.807, 2.05) is 6.20 Å². The van der Waals surface area contributed by atoms with Crippen molar-refractivity contribution in [1.82, 2.24) is 10.3 Å². The highest BCUT2D eigenvalue weighted by Gasteiger charge is 2.20. The summed E-state index contributed by atoms with van der Waals surface area (Å²) in [5, 5.41) is 4.28. The predicted octanol–water partition coefficient (Wildman–Crippen LogP) is 4.25. The SMILES string of the molecule is CCC(CC)CN(CC)c1ncc(CNC2CC2)cc1Cl. The average molecular weight is 310 g/mol. The smallest absolute Gasteiger partial charge is 0.147 e. The lowest BCUT2D eigenvalue weighted by molar-refractivity contribution is 0.484. The number of nitrogens with one attached hydrogen (secondary N) is 1. The number of nitrogens with zero attached hydrogens (tertiary/aromatic N) is 2. The molecule has 0 aliphatic heterocycles. The van der Waals surface area contributed by atoms with Gasteiger partial charge in [-0.2, -0.15) is 0 Å². The summed E-state index contributed by atoms with van der Waals surface area (Å²) in [6.07, 6.45) is 6.98. The molecule has 0 bridgehead atoms. The Balaban J connectivity index is 2.02. The molecule has 1 fully saturated rings. The lowest BCUT2D eigenvalue weighted by Crippen LogP contribution is -2.30. The Bertz CT molecular complexity index is 442. The first-order valence-electron chi connectivity index (χ1n) is 8.30. The molecular formula is C17H28ClN3. The number of halogens is 1. The van der Waals surface area contributed by atoms with Gasteiger partial charge in [0.2, 0.25) is 0 Å². The molecule has 3 nitrogen and oxygen atoms in total. The molecule has 2 rings (SSSR count). The lowest BCUT2D eigenvalue weighted by Gasteiger charge is -2.27. The summed E-state index contributed by atoms with van der Waals surface area (Å²) in [7, 11) is 0. The van der Waals surface area contributed by atoms with Crippen LogP contribution >= 0.6 is 11.6 Å². The number of hydrogen-bond acceptors (Lipinski definition) is 3. The second kappa shape index (κ2) is 8.00. The van der Waals surface area contributed by atoms with Gasteiger partial charge >= 0.3 is 0 Å². The Labute approximate surface area is 134 Å². The van der Waals surface area contributed by atoms with Crippen molar-refractivity contribution in [3.63, 3.8) is 0 Å². The van der Waals surface area contributed by atoms with Gasteiger partial charge in [0.25, 0.3) is 0 Å². The highest BCUT2D eigenvalue weighted by atomic mass is 35.5. The standard InChI is InChI=1S/C17H28ClN3/c1-4-13(5-2)12-21(6-3)17-16(18)9-14(11-20-17)10-19-15-7-8-15/h9,11,13,15,19H,4-8,10,12H2,1-3H3. The van der Waals surface area contributed by atoms with Crippen molar-refractivity contribution in [3.05, 3.63) is 22.8 Å². The van der Waals surface area contributed by atoms with Gasteiger partial charge < -0.3 is 10.2 Å². The molecule has 1 aliphatic carbocycles. The van der Waals surface area contributed by atoms with Gasteiger partial charge in [0, 0.05) is 31.9 Å². The molecular weight excluding hydrogens is 282 g/mol. The third kappa shape index (κ3) is 4.86. The van der Waals surface area contributed by atoms with Crippen molar-refractivity contribution in [3.8, 4) is 0 Å². The zero-order valence-electron chi connectivity index (χ0n) is 13.5. The minimum atomic E-state index is 0.707. The van der Waals surface area contributed by atoms with E-state index < -0.39 is 0 Å². The predicted molar refractivity (Wildman–Crippen MR) is 91.1 cm³/mol. The summed E-state index contributed by atoms with van der Waals surface area (Å²) in [4.78, 5) is 6.93. The number of aromatic nitrogens is 1. The largest absolute Gasteiger partial charge is 0.355 e. The van der Waals surface area contributed by atoms with Crippen LogP contribution in [0.25, 0.3) is 0 Å². The van der Waals surface area contributed by atoms with E-state index in [4.69, 9.17) is 11.6 Å². The molecule has 1 heterocycles. The third-order valence-electron chi connectivity index (χ3n) is 4.37. The fourth-order valence-corrected chi connectivity index (χ4v) is 2.88. The number of rotatable bonds is 9. The fraction of sp³-hybridized carbons (Fsp3) is 0.706. The van der Waals surface area contributed by atoms with E-state index in [1.165, 1.54) is 31.2 Å². The van der Waals surface area contributed by atoms with Crippen LogP contribution in [0.2, 0.25) is 5.02 Å². The van der Waals surface area contributed by atoms with Crippen molar-refractivity contribution in [2.45, 2.75) is 59.0 Å². The van der Waals surface area contributed by atoms with Crippen LogP contribution < -0.4 is 10.2 Å². The molecule has 21 heavy (non-hydrogen) atoms. The van der Waals surface area contributed by atoms with Crippen molar-refractivity contribution in [2.75, 3.05) is 18.0 Å².